The van der Waals surface area contributed by atoms with Gasteiger partial charge in [-0.15, -0.1) is 4.89 Å². The molecule has 0 spiro atoms. The molecule has 0 fully saturated rings. The second-order valence-corrected chi connectivity index (χ2v) is 2.16. The van der Waals surface area contributed by atoms with Crippen LogP contribution in [0.4, 0.5) is 0 Å². The summed E-state index contributed by atoms with van der Waals surface area (Å²) in [5.74, 6) is 0. The van der Waals surface area contributed by atoms with E-state index in [2.05, 4.69) is 4.52 Å². The average molecular weight is 155 g/mol. The molecule has 3 N–H and O–H groups in total. The van der Waals surface area contributed by atoms with Crippen LogP contribution in [-0.2, 0) is 9.09 Å². The molecule has 3 unspecified atom stereocenters. The van der Waals surface area contributed by atoms with Gasteiger partial charge in [-0.05, 0) is 6.92 Å². The smallest absolute Gasteiger partial charge is 0.388 e. The first-order chi connectivity index (χ1) is 4.04. The maximum absolute atomic E-state index is 9.77. The van der Waals surface area contributed by atoms with Gasteiger partial charge in [-0.3, -0.25) is 0 Å². The van der Waals surface area contributed by atoms with Crippen LogP contribution in [0.5, 0.6) is 0 Å². The fraction of sp³-hybridized carbons (Fsp3) is 1.00. The van der Waals surface area contributed by atoms with Gasteiger partial charge < -0.3 is 10.2 Å². The van der Waals surface area contributed by atoms with Crippen molar-refractivity contribution in [2.75, 3.05) is 0 Å². The number of hydrogen-bond donors (Lipinski definition) is 3. The minimum atomic E-state index is -2.83. The molecule has 0 amide bonds. The van der Waals surface area contributed by atoms with E-state index >= 15 is 0 Å². The highest BCUT2D eigenvalue weighted by Gasteiger charge is 2.24. The molecule has 3 atom stereocenters. The Bertz CT molecular complexity index is 102. The van der Waals surface area contributed by atoms with Gasteiger partial charge in [-0.2, -0.15) is 0 Å². The second kappa shape index (κ2) is 3.87. The maximum atomic E-state index is 9.77. The Labute approximate surface area is 52.8 Å². The Morgan fingerprint density at radius 1 is 1.56 bits per heavy atom. The third-order valence-corrected chi connectivity index (χ3v) is 1.01. The maximum Gasteiger partial charge on any atom is 0.697 e. The van der Waals surface area contributed by atoms with Gasteiger partial charge >= 0.3 is 8.25 Å². The van der Waals surface area contributed by atoms with Crippen LogP contribution >= 0.6 is 8.25 Å². The molecule has 5 nitrogen and oxygen atoms in total. The first kappa shape index (κ1) is 8.94. The lowest BCUT2D eigenvalue weighted by Crippen LogP contribution is -2.22. The molecule has 0 aromatic heterocycles. The highest BCUT2D eigenvalue weighted by atomic mass is 31.1. The summed E-state index contributed by atoms with van der Waals surface area (Å²) >= 11 is 0. The lowest BCUT2D eigenvalue weighted by atomic mass is 10.4. The van der Waals surface area contributed by atoms with E-state index in [1.165, 1.54) is 6.92 Å². The zero-order valence-corrected chi connectivity index (χ0v) is 5.65. The van der Waals surface area contributed by atoms with Gasteiger partial charge in [0.2, 0.25) is 6.29 Å². The molecule has 0 saturated heterocycles. The van der Waals surface area contributed by atoms with Gasteiger partial charge in [-0.25, -0.2) is 0 Å². The largest absolute Gasteiger partial charge is 0.697 e. The summed E-state index contributed by atoms with van der Waals surface area (Å²) in [5, 5.41) is 16.9. The molecule has 9 heavy (non-hydrogen) atoms. The average Bonchev–Trinajstić information content (AvgIpc) is 1.63. The Morgan fingerprint density at radius 2 is 2.00 bits per heavy atom. The van der Waals surface area contributed by atoms with Crippen LogP contribution in [-0.4, -0.2) is 27.5 Å². The van der Waals surface area contributed by atoms with Crippen LogP contribution in [0.25, 0.3) is 0 Å². The van der Waals surface area contributed by atoms with Crippen LogP contribution in [0.15, 0.2) is 0 Å². The molecule has 0 radical (unpaired) electrons. The Hall–Kier alpha value is -0.0600. The van der Waals surface area contributed by atoms with Crippen molar-refractivity contribution < 1.29 is 24.2 Å². The van der Waals surface area contributed by atoms with E-state index in [1.54, 1.807) is 0 Å². The van der Waals surface area contributed by atoms with E-state index in [0.717, 1.165) is 0 Å². The topological polar surface area (TPSA) is 87.0 Å². The van der Waals surface area contributed by atoms with Crippen molar-refractivity contribution in [3.63, 3.8) is 0 Å². The predicted octanol–water partition coefficient (Wildman–Crippen LogP) is -0.648. The summed E-state index contributed by atoms with van der Waals surface area (Å²) < 4.78 is 13.7. The van der Waals surface area contributed by atoms with Gasteiger partial charge in [0.1, 0.15) is 6.10 Å². The lowest BCUT2D eigenvalue weighted by Gasteiger charge is -2.03. The summed E-state index contributed by atoms with van der Waals surface area (Å²) in [6.45, 7) is 1.24. The lowest BCUT2D eigenvalue weighted by molar-refractivity contribution is -0.0965. The van der Waals surface area contributed by atoms with E-state index in [4.69, 9.17) is 15.1 Å². The molecule has 0 aliphatic rings. The van der Waals surface area contributed by atoms with Crippen LogP contribution in [0.1, 0.15) is 6.92 Å². The van der Waals surface area contributed by atoms with Crippen molar-refractivity contribution in [3.05, 3.63) is 0 Å². The quantitative estimate of drug-likeness (QED) is 0.372. The van der Waals surface area contributed by atoms with Gasteiger partial charge in [0.25, 0.3) is 0 Å². The van der Waals surface area contributed by atoms with Crippen molar-refractivity contribution in [1.29, 1.82) is 0 Å². The van der Waals surface area contributed by atoms with Crippen molar-refractivity contribution in [3.8, 4) is 0 Å². The monoisotopic (exact) mass is 155 g/mol. The zero-order chi connectivity index (χ0) is 7.44. The summed E-state index contributed by atoms with van der Waals surface area (Å²) in [5.41, 5.74) is 0. The van der Waals surface area contributed by atoms with Crippen molar-refractivity contribution >= 4 is 8.25 Å². The molecular formula is C3H8O5P+. The molecule has 0 aliphatic heterocycles. The van der Waals surface area contributed by atoms with Crippen LogP contribution in [0.3, 0.4) is 0 Å². The Balaban J connectivity index is 3.50. The predicted molar refractivity (Wildman–Crippen MR) is 28.6 cm³/mol. The van der Waals surface area contributed by atoms with Crippen LogP contribution in [0, 0.1) is 0 Å². The number of hydrogen-bond acceptors (Lipinski definition) is 4. The van der Waals surface area contributed by atoms with Gasteiger partial charge in [0.15, 0.2) is 0 Å². The third kappa shape index (κ3) is 4.44. The van der Waals surface area contributed by atoms with Crippen LogP contribution < -0.4 is 0 Å². The molecule has 0 aliphatic carbocycles. The molecular weight excluding hydrogens is 147 g/mol. The summed E-state index contributed by atoms with van der Waals surface area (Å²) in [7, 11) is -2.83. The minimum Gasteiger partial charge on any atom is -0.388 e. The second-order valence-electron chi connectivity index (χ2n) is 1.47. The highest BCUT2D eigenvalue weighted by Crippen LogP contribution is 2.17. The fourth-order valence-electron chi connectivity index (χ4n) is 0.180. The van der Waals surface area contributed by atoms with E-state index in [9.17, 15) is 4.57 Å². The summed E-state index contributed by atoms with van der Waals surface area (Å²) in [6, 6.07) is 0. The molecule has 54 valence electrons. The van der Waals surface area contributed by atoms with E-state index in [0.29, 0.717) is 0 Å². The third-order valence-electron chi connectivity index (χ3n) is 0.611. The standard InChI is InChI=1S/C3H7O5P/c1-2(4)3(5)8-9(6)7/h2-5H,1H3/p+1. The molecule has 0 aromatic rings. The van der Waals surface area contributed by atoms with Gasteiger partial charge in [-0.1, -0.05) is 4.52 Å². The van der Waals surface area contributed by atoms with Crippen molar-refractivity contribution in [2.45, 2.75) is 19.3 Å². The normalized spacial score (nSPS) is 18.9. The molecule has 0 rings (SSSR count). The Kier molecular flexibility index (Phi) is 3.84. The van der Waals surface area contributed by atoms with Crippen LogP contribution in [0.2, 0.25) is 0 Å². The fourth-order valence-corrected chi connectivity index (χ4v) is 0.541. The number of aliphatic hydroxyl groups is 2. The summed E-state index contributed by atoms with van der Waals surface area (Å²) in [6.07, 6.45) is -2.74. The summed E-state index contributed by atoms with van der Waals surface area (Å²) in [4.78, 5) is 7.99. The molecule has 0 aromatic carbocycles. The minimum absolute atomic E-state index is 1.16. The molecule has 0 heterocycles. The highest BCUT2D eigenvalue weighted by molar-refractivity contribution is 7.32. The Morgan fingerprint density at radius 3 is 2.11 bits per heavy atom. The zero-order valence-electron chi connectivity index (χ0n) is 4.76. The molecule has 0 bridgehead atoms. The first-order valence-corrected chi connectivity index (χ1v) is 3.36. The van der Waals surface area contributed by atoms with Gasteiger partial charge in [0, 0.05) is 4.57 Å². The molecule has 0 saturated carbocycles. The van der Waals surface area contributed by atoms with E-state index in [1.807, 2.05) is 0 Å². The van der Waals surface area contributed by atoms with Crippen molar-refractivity contribution in [1.82, 2.24) is 0 Å². The van der Waals surface area contributed by atoms with Crippen molar-refractivity contribution in [2.24, 2.45) is 0 Å². The van der Waals surface area contributed by atoms with Gasteiger partial charge in [0.05, 0.1) is 0 Å². The van der Waals surface area contributed by atoms with E-state index < -0.39 is 20.6 Å². The SMILES string of the molecule is CC(O)C(O)O[P+](=O)O. The molecule has 6 heteroatoms. The number of aliphatic hydroxyl groups excluding tert-OH is 2. The number of rotatable bonds is 3. The van der Waals surface area contributed by atoms with E-state index in [-0.39, 0.29) is 0 Å². The first-order valence-electron chi connectivity index (χ1n) is 2.23.